The molecule has 0 saturated carbocycles. The fourth-order valence-corrected chi connectivity index (χ4v) is 3.03. The fraction of sp³-hybridized carbons (Fsp3) is 0.130. The predicted molar refractivity (Wildman–Crippen MR) is 115 cm³/mol. The van der Waals surface area contributed by atoms with E-state index < -0.39 is 23.6 Å². The molecule has 0 spiro atoms. The lowest BCUT2D eigenvalue weighted by atomic mass is 10.2. The Hall–Kier alpha value is -4.41. The summed E-state index contributed by atoms with van der Waals surface area (Å²) in [4.78, 5) is 24.4. The number of pyridine rings is 1. The van der Waals surface area contributed by atoms with E-state index in [1.54, 1.807) is 36.4 Å². The van der Waals surface area contributed by atoms with Crippen molar-refractivity contribution in [3.8, 4) is 11.5 Å². The largest absolute Gasteiger partial charge is 0.457 e. The van der Waals surface area contributed by atoms with Gasteiger partial charge in [0.15, 0.2) is 11.5 Å². The van der Waals surface area contributed by atoms with Gasteiger partial charge in [-0.25, -0.2) is 0 Å². The first-order valence-corrected chi connectivity index (χ1v) is 10.1. The average Bonchev–Trinajstić information content (AvgIpc) is 3.24. The number of hydrogen-bond donors (Lipinski definition) is 2. The van der Waals surface area contributed by atoms with Gasteiger partial charge < -0.3 is 15.4 Å². The summed E-state index contributed by atoms with van der Waals surface area (Å²) in [5, 5.41) is 12.6. The normalized spacial score (nSPS) is 11.3. The third-order valence-electron chi connectivity index (χ3n) is 4.75. The minimum absolute atomic E-state index is 0.120. The molecular weight excluding hydrogens is 451 g/mol. The lowest BCUT2D eigenvalue weighted by Gasteiger charge is -2.09. The summed E-state index contributed by atoms with van der Waals surface area (Å²) >= 11 is 0. The second kappa shape index (κ2) is 9.61. The van der Waals surface area contributed by atoms with Crippen molar-refractivity contribution in [2.45, 2.75) is 12.7 Å². The summed E-state index contributed by atoms with van der Waals surface area (Å²) in [6.45, 7) is -0.492. The van der Waals surface area contributed by atoms with Crippen molar-refractivity contribution in [1.82, 2.24) is 25.2 Å². The van der Waals surface area contributed by atoms with Gasteiger partial charge >= 0.3 is 6.18 Å². The van der Waals surface area contributed by atoms with Crippen molar-refractivity contribution < 1.29 is 27.5 Å². The van der Waals surface area contributed by atoms with Crippen LogP contribution < -0.4 is 15.4 Å². The molecule has 2 heterocycles. The molecule has 34 heavy (non-hydrogen) atoms. The molecule has 4 aromatic rings. The first kappa shape index (κ1) is 22.8. The molecule has 11 heteroatoms. The number of nitrogens with one attached hydrogen (secondary N) is 2. The Morgan fingerprint density at radius 2 is 1.59 bits per heavy atom. The highest BCUT2D eigenvalue weighted by Gasteiger charge is 2.31. The standard InChI is InChI=1S/C23H18F3N5O3/c24-23(25,26)16-8-11-19-29-30-20(31(19)14-16)12-27-21(32)13-28-22(33)15-6-9-18(10-7-15)34-17-4-2-1-3-5-17/h1-11,14H,12-13H2,(H,27,32)(H,28,33). The first-order chi connectivity index (χ1) is 16.3. The maximum atomic E-state index is 12.9. The number of ether oxygens (including phenoxy) is 1. The van der Waals surface area contributed by atoms with Gasteiger partial charge in [0.05, 0.1) is 18.7 Å². The molecular formula is C23H18F3N5O3. The first-order valence-electron chi connectivity index (χ1n) is 10.1. The van der Waals surface area contributed by atoms with Gasteiger partial charge in [0.2, 0.25) is 5.91 Å². The molecule has 0 bridgehead atoms. The summed E-state index contributed by atoms with van der Waals surface area (Å²) in [5.41, 5.74) is -0.318. The molecule has 0 atom stereocenters. The zero-order valence-corrected chi connectivity index (χ0v) is 17.5. The van der Waals surface area contributed by atoms with Gasteiger partial charge in [0.25, 0.3) is 5.91 Å². The minimum atomic E-state index is -4.52. The predicted octanol–water partition coefficient (Wildman–Crippen LogP) is 3.59. The van der Waals surface area contributed by atoms with Gasteiger partial charge in [-0.2, -0.15) is 13.2 Å². The highest BCUT2D eigenvalue weighted by Crippen LogP contribution is 2.29. The molecule has 2 amide bonds. The summed E-state index contributed by atoms with van der Waals surface area (Å²) in [6.07, 6.45) is -3.65. The summed E-state index contributed by atoms with van der Waals surface area (Å²) in [7, 11) is 0. The van der Waals surface area contributed by atoms with Gasteiger partial charge in [-0.3, -0.25) is 14.0 Å². The van der Waals surface area contributed by atoms with Crippen LogP contribution in [0.25, 0.3) is 5.65 Å². The number of carbonyl (C=O) groups is 2. The van der Waals surface area contributed by atoms with Crippen LogP contribution in [0.3, 0.4) is 0 Å². The molecule has 0 fully saturated rings. The van der Waals surface area contributed by atoms with Gasteiger partial charge in [-0.05, 0) is 48.5 Å². The van der Waals surface area contributed by atoms with E-state index >= 15 is 0 Å². The molecule has 8 nitrogen and oxygen atoms in total. The quantitative estimate of drug-likeness (QED) is 0.431. The highest BCUT2D eigenvalue weighted by molar-refractivity contribution is 5.96. The summed E-state index contributed by atoms with van der Waals surface area (Å²) in [5.74, 6) is 0.321. The number of nitrogens with zero attached hydrogens (tertiary/aromatic N) is 3. The number of hydrogen-bond acceptors (Lipinski definition) is 5. The molecule has 0 aliphatic carbocycles. The summed E-state index contributed by atoms with van der Waals surface area (Å²) in [6, 6.07) is 17.6. The van der Waals surface area contributed by atoms with Crippen molar-refractivity contribution in [3.05, 3.63) is 89.9 Å². The number of fused-ring (bicyclic) bond motifs is 1. The second-order valence-corrected chi connectivity index (χ2v) is 7.16. The van der Waals surface area contributed by atoms with Gasteiger partial charge in [0.1, 0.15) is 11.5 Å². The lowest BCUT2D eigenvalue weighted by molar-refractivity contribution is -0.137. The number of rotatable bonds is 7. The molecule has 2 aromatic heterocycles. The van der Waals surface area contributed by atoms with E-state index in [2.05, 4.69) is 20.8 Å². The van der Waals surface area contributed by atoms with Crippen LogP contribution >= 0.6 is 0 Å². The number of benzene rings is 2. The number of amides is 2. The van der Waals surface area contributed by atoms with E-state index in [-0.39, 0.29) is 24.6 Å². The Morgan fingerprint density at radius 3 is 2.29 bits per heavy atom. The van der Waals surface area contributed by atoms with Gasteiger partial charge in [-0.15, -0.1) is 10.2 Å². The van der Waals surface area contributed by atoms with Crippen molar-refractivity contribution in [1.29, 1.82) is 0 Å². The maximum absolute atomic E-state index is 12.9. The topological polar surface area (TPSA) is 97.6 Å². The van der Waals surface area contributed by atoms with Crippen LogP contribution in [0.4, 0.5) is 13.2 Å². The molecule has 2 N–H and O–H groups in total. The third-order valence-corrected chi connectivity index (χ3v) is 4.75. The van der Waals surface area contributed by atoms with E-state index in [0.717, 1.165) is 16.7 Å². The molecule has 174 valence electrons. The molecule has 0 unspecified atom stereocenters. The zero-order valence-electron chi connectivity index (χ0n) is 17.5. The van der Waals surface area contributed by atoms with Crippen LogP contribution in [-0.4, -0.2) is 33.0 Å². The molecule has 0 radical (unpaired) electrons. The molecule has 0 saturated heterocycles. The van der Waals surface area contributed by atoms with Crippen LogP contribution in [0.15, 0.2) is 72.9 Å². The van der Waals surface area contributed by atoms with Crippen LogP contribution in [0, 0.1) is 0 Å². The van der Waals surface area contributed by atoms with Crippen molar-refractivity contribution in [3.63, 3.8) is 0 Å². The SMILES string of the molecule is O=C(CNC(=O)c1ccc(Oc2ccccc2)cc1)NCc1nnc2ccc(C(F)(F)F)cn12. The minimum Gasteiger partial charge on any atom is -0.457 e. The van der Waals surface area contributed by atoms with Crippen LogP contribution in [0.5, 0.6) is 11.5 Å². The Morgan fingerprint density at radius 1 is 0.882 bits per heavy atom. The zero-order chi connectivity index (χ0) is 24.1. The number of alkyl halides is 3. The summed E-state index contributed by atoms with van der Waals surface area (Å²) < 4.78 is 45.6. The fourth-order valence-electron chi connectivity index (χ4n) is 3.03. The van der Waals surface area contributed by atoms with Crippen LogP contribution in [0.1, 0.15) is 21.7 Å². The number of aromatic nitrogens is 3. The smallest absolute Gasteiger partial charge is 0.417 e. The van der Waals surface area contributed by atoms with Crippen LogP contribution in [0.2, 0.25) is 0 Å². The van der Waals surface area contributed by atoms with E-state index in [0.29, 0.717) is 17.1 Å². The van der Waals surface area contributed by atoms with Crippen molar-refractivity contribution in [2.24, 2.45) is 0 Å². The third kappa shape index (κ3) is 5.49. The van der Waals surface area contributed by atoms with E-state index in [1.165, 1.54) is 6.07 Å². The molecule has 4 rings (SSSR count). The van der Waals surface area contributed by atoms with E-state index in [1.807, 2.05) is 18.2 Å². The lowest BCUT2D eigenvalue weighted by Crippen LogP contribution is -2.36. The molecule has 0 aliphatic rings. The van der Waals surface area contributed by atoms with Crippen molar-refractivity contribution in [2.75, 3.05) is 6.54 Å². The number of para-hydroxylation sites is 1. The highest BCUT2D eigenvalue weighted by atomic mass is 19.4. The Labute approximate surface area is 191 Å². The maximum Gasteiger partial charge on any atom is 0.417 e. The van der Waals surface area contributed by atoms with Gasteiger partial charge in [-0.1, -0.05) is 18.2 Å². The van der Waals surface area contributed by atoms with Crippen LogP contribution in [-0.2, 0) is 17.5 Å². The van der Waals surface area contributed by atoms with E-state index in [4.69, 9.17) is 4.74 Å². The van der Waals surface area contributed by atoms with Crippen molar-refractivity contribution >= 4 is 17.5 Å². The monoisotopic (exact) mass is 469 g/mol. The molecule has 2 aromatic carbocycles. The number of halogens is 3. The number of carbonyl (C=O) groups excluding carboxylic acids is 2. The molecule has 0 aliphatic heterocycles. The second-order valence-electron chi connectivity index (χ2n) is 7.16. The Bertz CT molecular complexity index is 1310. The van der Waals surface area contributed by atoms with Gasteiger partial charge in [0, 0.05) is 11.8 Å². The van der Waals surface area contributed by atoms with E-state index in [9.17, 15) is 22.8 Å². The average molecular weight is 469 g/mol. The Kier molecular flexibility index (Phi) is 6.44. The Balaban J connectivity index is 1.29.